The molecule has 6 rings (SSSR count). The number of aromatic nitrogens is 2. The zero-order valence-electron chi connectivity index (χ0n) is 12.5. The SMILES string of the molecule is c1cc(-c2ccc3cnn([C@H]4CN5CCC4CC5)c3c2)cs1. The van der Waals surface area contributed by atoms with Crippen LogP contribution in [-0.2, 0) is 0 Å². The molecule has 2 bridgehead atoms. The van der Waals surface area contributed by atoms with E-state index in [0.717, 1.165) is 5.92 Å². The first-order chi connectivity index (χ1) is 10.9. The molecule has 3 saturated heterocycles. The molecule has 22 heavy (non-hydrogen) atoms. The Hall–Kier alpha value is -1.65. The fourth-order valence-electron chi connectivity index (χ4n) is 4.12. The van der Waals surface area contributed by atoms with Crippen LogP contribution in [0.25, 0.3) is 22.0 Å². The number of nitrogens with zero attached hydrogens (tertiary/aromatic N) is 3. The third kappa shape index (κ3) is 1.94. The van der Waals surface area contributed by atoms with Crippen molar-refractivity contribution in [1.82, 2.24) is 14.7 Å². The first-order valence-corrected chi connectivity index (χ1v) is 9.05. The minimum Gasteiger partial charge on any atom is -0.301 e. The number of rotatable bonds is 2. The number of piperidine rings is 3. The lowest BCUT2D eigenvalue weighted by molar-refractivity contribution is 0.0534. The van der Waals surface area contributed by atoms with Crippen molar-refractivity contribution in [2.75, 3.05) is 19.6 Å². The van der Waals surface area contributed by atoms with Gasteiger partial charge in [-0.2, -0.15) is 16.4 Å². The highest BCUT2D eigenvalue weighted by atomic mass is 32.1. The molecule has 5 heterocycles. The van der Waals surface area contributed by atoms with Gasteiger partial charge in [-0.1, -0.05) is 12.1 Å². The average molecular weight is 309 g/mol. The van der Waals surface area contributed by atoms with Crippen molar-refractivity contribution in [3.63, 3.8) is 0 Å². The second-order valence-corrected chi connectivity index (χ2v) is 7.36. The van der Waals surface area contributed by atoms with Crippen LogP contribution in [-0.4, -0.2) is 34.3 Å². The van der Waals surface area contributed by atoms with Crippen LogP contribution in [0.3, 0.4) is 0 Å². The average Bonchev–Trinajstić information content (AvgIpc) is 3.25. The molecule has 3 aromatic rings. The molecule has 3 aliphatic heterocycles. The van der Waals surface area contributed by atoms with Gasteiger partial charge in [-0.3, -0.25) is 4.68 Å². The highest BCUT2D eigenvalue weighted by Crippen LogP contribution is 2.37. The third-order valence-electron chi connectivity index (χ3n) is 5.39. The topological polar surface area (TPSA) is 21.1 Å². The van der Waals surface area contributed by atoms with E-state index in [0.29, 0.717) is 6.04 Å². The van der Waals surface area contributed by atoms with E-state index in [1.165, 1.54) is 54.5 Å². The van der Waals surface area contributed by atoms with E-state index in [1.54, 1.807) is 11.3 Å². The highest BCUT2D eigenvalue weighted by Gasteiger charge is 2.36. The summed E-state index contributed by atoms with van der Waals surface area (Å²) < 4.78 is 2.31. The fraction of sp³-hybridized carbons (Fsp3) is 0.389. The van der Waals surface area contributed by atoms with Crippen molar-refractivity contribution in [3.8, 4) is 11.1 Å². The predicted molar refractivity (Wildman–Crippen MR) is 91.2 cm³/mol. The van der Waals surface area contributed by atoms with Gasteiger partial charge in [0.05, 0.1) is 17.8 Å². The molecule has 1 atom stereocenters. The van der Waals surface area contributed by atoms with Gasteiger partial charge in [0.2, 0.25) is 0 Å². The maximum Gasteiger partial charge on any atom is 0.0692 e. The van der Waals surface area contributed by atoms with E-state index in [1.807, 2.05) is 6.20 Å². The van der Waals surface area contributed by atoms with E-state index in [2.05, 4.69) is 44.6 Å². The Morgan fingerprint density at radius 1 is 1.09 bits per heavy atom. The molecule has 4 heteroatoms. The number of fused-ring (bicyclic) bond motifs is 4. The summed E-state index contributed by atoms with van der Waals surface area (Å²) in [5.74, 6) is 0.804. The molecular formula is C18H19N3S. The molecule has 2 aromatic heterocycles. The van der Waals surface area contributed by atoms with Crippen molar-refractivity contribution in [1.29, 1.82) is 0 Å². The maximum atomic E-state index is 4.75. The predicted octanol–water partition coefficient (Wildman–Crippen LogP) is 4.03. The Morgan fingerprint density at radius 2 is 2.00 bits per heavy atom. The molecule has 0 amide bonds. The highest BCUT2D eigenvalue weighted by molar-refractivity contribution is 7.08. The van der Waals surface area contributed by atoms with E-state index in [4.69, 9.17) is 5.10 Å². The lowest BCUT2D eigenvalue weighted by Crippen LogP contribution is -2.48. The second kappa shape index (κ2) is 4.93. The molecule has 0 unspecified atom stereocenters. The van der Waals surface area contributed by atoms with Gasteiger partial charge in [0.15, 0.2) is 0 Å². The van der Waals surface area contributed by atoms with E-state index in [-0.39, 0.29) is 0 Å². The summed E-state index contributed by atoms with van der Waals surface area (Å²) in [4.78, 5) is 2.60. The van der Waals surface area contributed by atoms with Crippen molar-refractivity contribution in [2.24, 2.45) is 5.92 Å². The molecule has 0 N–H and O–H groups in total. The molecule has 0 aliphatic carbocycles. The number of hydrogen-bond donors (Lipinski definition) is 0. The van der Waals surface area contributed by atoms with E-state index in [9.17, 15) is 0 Å². The molecule has 3 fully saturated rings. The number of hydrogen-bond acceptors (Lipinski definition) is 3. The van der Waals surface area contributed by atoms with Crippen molar-refractivity contribution in [2.45, 2.75) is 18.9 Å². The normalized spacial score (nSPS) is 27.5. The summed E-state index contributed by atoms with van der Waals surface area (Å²) in [5.41, 5.74) is 3.91. The molecule has 112 valence electrons. The maximum absolute atomic E-state index is 4.75. The Labute approximate surface area is 134 Å². The van der Waals surface area contributed by atoms with Crippen LogP contribution < -0.4 is 0 Å². The molecule has 0 radical (unpaired) electrons. The molecule has 3 aliphatic rings. The first kappa shape index (κ1) is 12.9. The number of benzene rings is 1. The Bertz CT molecular complexity index is 797. The van der Waals surface area contributed by atoms with Crippen molar-refractivity contribution >= 4 is 22.2 Å². The Morgan fingerprint density at radius 3 is 2.73 bits per heavy atom. The summed E-state index contributed by atoms with van der Waals surface area (Å²) >= 11 is 1.75. The summed E-state index contributed by atoms with van der Waals surface area (Å²) in [6, 6.07) is 9.50. The third-order valence-corrected chi connectivity index (χ3v) is 6.07. The van der Waals surface area contributed by atoms with Crippen LogP contribution in [0.2, 0.25) is 0 Å². The number of thiophene rings is 1. The van der Waals surface area contributed by atoms with Gasteiger partial charge in [0.1, 0.15) is 0 Å². The Balaban J connectivity index is 1.60. The van der Waals surface area contributed by atoms with Crippen LogP contribution >= 0.6 is 11.3 Å². The van der Waals surface area contributed by atoms with Crippen LogP contribution in [0.4, 0.5) is 0 Å². The molecular weight excluding hydrogens is 290 g/mol. The largest absolute Gasteiger partial charge is 0.301 e. The van der Waals surface area contributed by atoms with Crippen molar-refractivity contribution < 1.29 is 0 Å². The van der Waals surface area contributed by atoms with Crippen LogP contribution in [0.5, 0.6) is 0 Å². The Kier molecular flexibility index (Phi) is 2.88. The van der Waals surface area contributed by atoms with Gasteiger partial charge in [-0.05, 0) is 65.9 Å². The van der Waals surface area contributed by atoms with Crippen LogP contribution in [0, 0.1) is 5.92 Å². The molecule has 0 saturated carbocycles. The summed E-state index contributed by atoms with van der Waals surface area (Å²) in [7, 11) is 0. The molecule has 3 nitrogen and oxygen atoms in total. The molecule has 0 spiro atoms. The van der Waals surface area contributed by atoms with Gasteiger partial charge in [0, 0.05) is 11.9 Å². The lowest BCUT2D eigenvalue weighted by Gasteiger charge is -2.44. The minimum absolute atomic E-state index is 0.553. The quantitative estimate of drug-likeness (QED) is 0.712. The van der Waals surface area contributed by atoms with Gasteiger partial charge in [-0.15, -0.1) is 0 Å². The summed E-state index contributed by atoms with van der Waals surface area (Å²) in [6.45, 7) is 3.73. The van der Waals surface area contributed by atoms with Crippen LogP contribution in [0.1, 0.15) is 18.9 Å². The van der Waals surface area contributed by atoms with Crippen molar-refractivity contribution in [3.05, 3.63) is 41.2 Å². The summed E-state index contributed by atoms with van der Waals surface area (Å²) in [6.07, 6.45) is 4.69. The monoisotopic (exact) mass is 309 g/mol. The van der Waals surface area contributed by atoms with Gasteiger partial charge >= 0.3 is 0 Å². The first-order valence-electron chi connectivity index (χ1n) is 8.11. The van der Waals surface area contributed by atoms with Gasteiger partial charge < -0.3 is 4.90 Å². The standard InChI is InChI=1S/C18H19N3S/c1-2-15-10-19-21(18-11-20-6-3-13(18)4-7-20)17(15)9-14(1)16-5-8-22-12-16/h1-2,5,8-10,12-13,18H,3-4,6-7,11H2/t18-/m0/s1. The van der Waals surface area contributed by atoms with Gasteiger partial charge in [-0.25, -0.2) is 0 Å². The minimum atomic E-state index is 0.553. The van der Waals surface area contributed by atoms with E-state index >= 15 is 0 Å². The summed E-state index contributed by atoms with van der Waals surface area (Å²) in [5, 5.41) is 10.4. The lowest BCUT2D eigenvalue weighted by atomic mass is 9.84. The fourth-order valence-corrected chi connectivity index (χ4v) is 4.79. The smallest absolute Gasteiger partial charge is 0.0692 e. The van der Waals surface area contributed by atoms with Gasteiger partial charge in [0.25, 0.3) is 0 Å². The van der Waals surface area contributed by atoms with Crippen LogP contribution in [0.15, 0.2) is 41.2 Å². The molecule has 1 aromatic carbocycles. The zero-order valence-corrected chi connectivity index (χ0v) is 13.3. The second-order valence-electron chi connectivity index (χ2n) is 6.58. The van der Waals surface area contributed by atoms with E-state index < -0.39 is 0 Å². The zero-order chi connectivity index (χ0) is 14.5.